The number of hydrogen-bond acceptors (Lipinski definition) is 5. The van der Waals surface area contributed by atoms with E-state index in [1.54, 1.807) is 0 Å². The molecule has 5 heteroatoms. The summed E-state index contributed by atoms with van der Waals surface area (Å²) in [5.41, 5.74) is 5.35. The van der Waals surface area contributed by atoms with Crippen molar-refractivity contribution in [3.05, 3.63) is 0 Å². The Hall–Kier alpha value is -0.960. The number of nitrogens with zero attached hydrogens (tertiary/aromatic N) is 3. The summed E-state index contributed by atoms with van der Waals surface area (Å²) in [6, 6.07) is 1.94. The summed E-state index contributed by atoms with van der Waals surface area (Å²) in [5.74, 6) is -0.659. The summed E-state index contributed by atoms with van der Waals surface area (Å²) >= 11 is 0. The average Bonchev–Trinajstić information content (AvgIpc) is 2.17. The molecule has 1 aliphatic rings. The summed E-state index contributed by atoms with van der Waals surface area (Å²) in [7, 11) is 4.08. The van der Waals surface area contributed by atoms with Crippen molar-refractivity contribution in [1.82, 2.24) is 9.80 Å². The quantitative estimate of drug-likeness (QED) is 0.667. The van der Waals surface area contributed by atoms with Gasteiger partial charge in [-0.3, -0.25) is 14.6 Å². The van der Waals surface area contributed by atoms with Crippen LogP contribution in [0.4, 0.5) is 0 Å². The van der Waals surface area contributed by atoms with Crippen molar-refractivity contribution < 1.29 is 4.79 Å². The van der Waals surface area contributed by atoms with Gasteiger partial charge < -0.3 is 5.73 Å². The topological polar surface area (TPSA) is 73.4 Å². The van der Waals surface area contributed by atoms with Gasteiger partial charge in [-0.15, -0.1) is 0 Å². The minimum Gasteiger partial charge on any atom is -0.329 e. The monoisotopic (exact) mass is 224 g/mol. The summed E-state index contributed by atoms with van der Waals surface area (Å²) in [6.45, 7) is 1.91. The SMILES string of the molecule is CN(C)C1CCN1CCC(=O)C(C#N)CN. The van der Waals surface area contributed by atoms with Gasteiger partial charge in [0.05, 0.1) is 12.2 Å². The van der Waals surface area contributed by atoms with Crippen LogP contribution in [0.25, 0.3) is 0 Å². The number of Topliss-reactive ketones (excluding diaryl/α,β-unsaturated/α-hetero) is 1. The van der Waals surface area contributed by atoms with E-state index in [0.29, 0.717) is 12.6 Å². The number of likely N-dealkylation sites (tertiary alicyclic amines) is 1. The molecule has 0 spiro atoms. The van der Waals surface area contributed by atoms with E-state index in [9.17, 15) is 4.79 Å². The second-order valence-electron chi connectivity index (χ2n) is 4.40. The Kier molecular flexibility index (Phi) is 4.87. The number of carbonyl (C=O) groups is 1. The normalized spacial score (nSPS) is 22.6. The molecule has 0 aromatic carbocycles. The van der Waals surface area contributed by atoms with Crippen molar-refractivity contribution in [1.29, 1.82) is 5.26 Å². The van der Waals surface area contributed by atoms with Gasteiger partial charge in [0, 0.05) is 26.1 Å². The maximum atomic E-state index is 11.6. The fourth-order valence-electron chi connectivity index (χ4n) is 1.96. The third kappa shape index (κ3) is 3.01. The molecule has 0 radical (unpaired) electrons. The smallest absolute Gasteiger partial charge is 0.152 e. The molecule has 1 aliphatic heterocycles. The highest BCUT2D eigenvalue weighted by molar-refractivity contribution is 5.83. The van der Waals surface area contributed by atoms with Gasteiger partial charge in [-0.05, 0) is 20.5 Å². The highest BCUT2D eigenvalue weighted by Crippen LogP contribution is 2.19. The molecule has 0 bridgehead atoms. The lowest BCUT2D eigenvalue weighted by Gasteiger charge is -2.44. The molecule has 16 heavy (non-hydrogen) atoms. The van der Waals surface area contributed by atoms with E-state index in [1.165, 1.54) is 0 Å². The van der Waals surface area contributed by atoms with Gasteiger partial charge in [-0.2, -0.15) is 5.26 Å². The van der Waals surface area contributed by atoms with Crippen molar-refractivity contribution in [2.75, 3.05) is 33.7 Å². The fraction of sp³-hybridized carbons (Fsp3) is 0.818. The first kappa shape index (κ1) is 13.1. The van der Waals surface area contributed by atoms with Crippen LogP contribution in [0.15, 0.2) is 0 Å². The third-order valence-electron chi connectivity index (χ3n) is 3.12. The lowest BCUT2D eigenvalue weighted by atomic mass is 10.0. The zero-order chi connectivity index (χ0) is 12.1. The highest BCUT2D eigenvalue weighted by Gasteiger charge is 2.30. The van der Waals surface area contributed by atoms with E-state index in [2.05, 4.69) is 9.80 Å². The van der Waals surface area contributed by atoms with Gasteiger partial charge in [0.2, 0.25) is 0 Å². The number of nitriles is 1. The van der Waals surface area contributed by atoms with Gasteiger partial charge in [-0.25, -0.2) is 0 Å². The predicted octanol–water partition coefficient (Wildman–Crippen LogP) is -0.363. The molecular formula is C11H20N4O. The zero-order valence-corrected chi connectivity index (χ0v) is 10.0. The first-order valence-corrected chi connectivity index (χ1v) is 5.63. The van der Waals surface area contributed by atoms with Crippen molar-refractivity contribution in [3.63, 3.8) is 0 Å². The van der Waals surface area contributed by atoms with Crippen molar-refractivity contribution in [2.24, 2.45) is 11.7 Å². The summed E-state index contributed by atoms with van der Waals surface area (Å²) < 4.78 is 0. The number of nitrogens with two attached hydrogens (primary N) is 1. The second kappa shape index (κ2) is 5.94. The van der Waals surface area contributed by atoms with Crippen LogP contribution in [0.1, 0.15) is 12.8 Å². The molecule has 1 heterocycles. The number of rotatable bonds is 6. The second-order valence-corrected chi connectivity index (χ2v) is 4.40. The predicted molar refractivity (Wildman–Crippen MR) is 61.4 cm³/mol. The average molecular weight is 224 g/mol. The Morgan fingerprint density at radius 3 is 2.75 bits per heavy atom. The Bertz CT molecular complexity index is 284. The van der Waals surface area contributed by atoms with Crippen molar-refractivity contribution in [2.45, 2.75) is 19.0 Å². The molecule has 0 saturated carbocycles. The fourth-order valence-corrected chi connectivity index (χ4v) is 1.96. The lowest BCUT2D eigenvalue weighted by Crippen LogP contribution is -2.55. The molecule has 2 atom stereocenters. The molecule has 2 N–H and O–H groups in total. The molecule has 1 fully saturated rings. The third-order valence-corrected chi connectivity index (χ3v) is 3.12. The first-order valence-electron chi connectivity index (χ1n) is 5.63. The zero-order valence-electron chi connectivity index (χ0n) is 10.0. The van der Waals surface area contributed by atoms with Gasteiger partial charge in [0.1, 0.15) is 5.92 Å². The molecule has 1 rings (SSSR count). The Morgan fingerprint density at radius 2 is 2.38 bits per heavy atom. The van der Waals surface area contributed by atoms with Gasteiger partial charge >= 0.3 is 0 Å². The number of ketones is 1. The minimum absolute atomic E-state index is 0.0330. The van der Waals surface area contributed by atoms with Crippen LogP contribution in [0, 0.1) is 17.2 Å². The molecule has 2 unspecified atom stereocenters. The van der Waals surface area contributed by atoms with Gasteiger partial charge in [-0.1, -0.05) is 0 Å². The van der Waals surface area contributed by atoms with Crippen LogP contribution in [0.3, 0.4) is 0 Å². The van der Waals surface area contributed by atoms with Gasteiger partial charge in [0.25, 0.3) is 0 Å². The molecule has 5 nitrogen and oxygen atoms in total. The molecule has 0 amide bonds. The molecular weight excluding hydrogens is 204 g/mol. The standard InChI is InChI=1S/C11H20N4O/c1-14(2)11-4-6-15(11)5-3-10(16)9(7-12)8-13/h9,11H,3-7,12H2,1-2H3. The number of hydrogen-bond donors (Lipinski definition) is 1. The van der Waals surface area contributed by atoms with E-state index >= 15 is 0 Å². The molecule has 1 saturated heterocycles. The highest BCUT2D eigenvalue weighted by atomic mass is 16.1. The largest absolute Gasteiger partial charge is 0.329 e. The van der Waals surface area contributed by atoms with Crippen LogP contribution in [0.2, 0.25) is 0 Å². The van der Waals surface area contributed by atoms with Crippen LogP contribution in [-0.4, -0.2) is 55.5 Å². The maximum absolute atomic E-state index is 11.6. The Labute approximate surface area is 96.8 Å². The molecule has 0 aliphatic carbocycles. The summed E-state index contributed by atoms with van der Waals surface area (Å²) in [6.07, 6.45) is 2.03. The van der Waals surface area contributed by atoms with Crippen LogP contribution in [-0.2, 0) is 4.79 Å². The van der Waals surface area contributed by atoms with Gasteiger partial charge in [0.15, 0.2) is 5.78 Å². The molecule has 90 valence electrons. The number of carbonyl (C=O) groups excluding carboxylic acids is 1. The van der Waals surface area contributed by atoms with E-state index in [0.717, 1.165) is 19.5 Å². The molecule has 0 aromatic heterocycles. The van der Waals surface area contributed by atoms with Crippen LogP contribution >= 0.6 is 0 Å². The van der Waals surface area contributed by atoms with E-state index in [4.69, 9.17) is 11.0 Å². The maximum Gasteiger partial charge on any atom is 0.152 e. The lowest BCUT2D eigenvalue weighted by molar-refractivity contribution is -0.122. The molecule has 0 aromatic rings. The van der Waals surface area contributed by atoms with Crippen LogP contribution in [0.5, 0.6) is 0 Å². The first-order chi connectivity index (χ1) is 7.60. The van der Waals surface area contributed by atoms with Crippen molar-refractivity contribution >= 4 is 5.78 Å². The summed E-state index contributed by atoms with van der Waals surface area (Å²) in [4.78, 5) is 16.0. The summed E-state index contributed by atoms with van der Waals surface area (Å²) in [5, 5.41) is 8.70. The van der Waals surface area contributed by atoms with E-state index in [-0.39, 0.29) is 12.3 Å². The van der Waals surface area contributed by atoms with E-state index in [1.807, 2.05) is 20.2 Å². The van der Waals surface area contributed by atoms with E-state index < -0.39 is 5.92 Å². The van der Waals surface area contributed by atoms with Crippen LogP contribution < -0.4 is 5.73 Å². The Balaban J connectivity index is 2.30. The Morgan fingerprint density at radius 1 is 1.69 bits per heavy atom. The van der Waals surface area contributed by atoms with Crippen molar-refractivity contribution in [3.8, 4) is 6.07 Å². The minimum atomic E-state index is -0.626.